The Hall–Kier alpha value is -1.10. The molecule has 0 saturated heterocycles. The summed E-state index contributed by atoms with van der Waals surface area (Å²) in [5.41, 5.74) is -1.96. The molecule has 10 heteroatoms. The van der Waals surface area contributed by atoms with Crippen molar-refractivity contribution in [2.24, 2.45) is 0 Å². The molecule has 0 bridgehead atoms. The molecule has 24 heavy (non-hydrogen) atoms. The predicted molar refractivity (Wildman–Crippen MR) is 84.0 cm³/mol. The van der Waals surface area contributed by atoms with Gasteiger partial charge in [0.25, 0.3) is 0 Å². The van der Waals surface area contributed by atoms with Crippen molar-refractivity contribution in [1.82, 2.24) is 0 Å². The molecule has 0 fully saturated rings. The summed E-state index contributed by atoms with van der Waals surface area (Å²) in [5.74, 6) is -12.0. The molecule has 0 aliphatic carbocycles. The largest absolute Gasteiger partial charge is 0.202 e. The second kappa shape index (κ2) is 7.03. The van der Waals surface area contributed by atoms with E-state index in [1.807, 2.05) is 0 Å². The van der Waals surface area contributed by atoms with Crippen LogP contribution in [0.2, 0.25) is 0 Å². The van der Waals surface area contributed by atoms with E-state index in [-0.39, 0.29) is 0 Å². The van der Waals surface area contributed by atoms with Crippen molar-refractivity contribution in [2.45, 2.75) is 0 Å². The number of halogens is 10. The van der Waals surface area contributed by atoms with E-state index in [2.05, 4.69) is 0 Å². The molecule has 0 unspecified atom stereocenters. The number of benzene rings is 2. The van der Waals surface area contributed by atoms with Crippen LogP contribution in [-0.4, -0.2) is 0 Å². The number of hydrogen-bond acceptors (Lipinski definition) is 0. The monoisotopic (exact) mass is 574 g/mol. The third kappa shape index (κ3) is 3.07. The van der Waals surface area contributed by atoms with Crippen molar-refractivity contribution in [3.8, 4) is 11.8 Å². The minimum absolute atomic E-state index is 0.755. The molecule has 0 amide bonds. The van der Waals surface area contributed by atoms with Gasteiger partial charge in [-0.3, -0.25) is 0 Å². The summed E-state index contributed by atoms with van der Waals surface area (Å²) in [6.45, 7) is 0. The summed E-state index contributed by atoms with van der Waals surface area (Å²) in [4.78, 5) is 0. The summed E-state index contributed by atoms with van der Waals surface area (Å²) in [6, 6.07) is 0. The zero-order chi connectivity index (χ0) is 18.3. The maximum atomic E-state index is 13.6. The summed E-state index contributed by atoms with van der Waals surface area (Å²) in [5, 5.41) is 0. The second-order valence-corrected chi connectivity index (χ2v) is 6.30. The van der Waals surface area contributed by atoms with Crippen molar-refractivity contribution in [1.29, 1.82) is 0 Å². The highest BCUT2D eigenvalue weighted by atomic mass is 127. The van der Waals surface area contributed by atoms with Crippen LogP contribution in [0.5, 0.6) is 0 Å². The van der Waals surface area contributed by atoms with Crippen LogP contribution in [-0.2, 0) is 0 Å². The molecular formula is C14F8I2. The van der Waals surface area contributed by atoms with Gasteiger partial charge in [-0.2, -0.15) is 0 Å². The average Bonchev–Trinajstić information content (AvgIpc) is 2.57. The Morgan fingerprint density at radius 3 is 0.958 bits per heavy atom. The van der Waals surface area contributed by atoms with Gasteiger partial charge < -0.3 is 0 Å². The van der Waals surface area contributed by atoms with Crippen LogP contribution in [0.25, 0.3) is 0 Å². The van der Waals surface area contributed by atoms with E-state index in [0.29, 0.717) is 0 Å². The summed E-state index contributed by atoms with van der Waals surface area (Å²) in [7, 11) is 0. The number of rotatable bonds is 0. The quantitative estimate of drug-likeness (QED) is 0.130. The molecule has 0 aliphatic rings. The van der Waals surface area contributed by atoms with Gasteiger partial charge in [-0.05, 0) is 45.2 Å². The molecule has 0 saturated carbocycles. The first kappa shape index (κ1) is 19.2. The lowest BCUT2D eigenvalue weighted by Crippen LogP contribution is -2.05. The van der Waals surface area contributed by atoms with Crippen LogP contribution in [0.15, 0.2) is 0 Å². The third-order valence-electron chi connectivity index (χ3n) is 2.73. The van der Waals surface area contributed by atoms with Gasteiger partial charge in [0, 0.05) is 0 Å². The highest BCUT2D eigenvalue weighted by Crippen LogP contribution is 2.27. The molecule has 2 aromatic carbocycles. The zero-order valence-corrected chi connectivity index (χ0v) is 15.1. The highest BCUT2D eigenvalue weighted by molar-refractivity contribution is 14.1. The van der Waals surface area contributed by atoms with Gasteiger partial charge >= 0.3 is 0 Å². The SMILES string of the molecule is Fc1c(F)c(F)c(C#Cc2c(F)c(F)c(F)c(F)c2I)c(I)c1F. The van der Waals surface area contributed by atoms with Crippen LogP contribution < -0.4 is 0 Å². The third-order valence-corrected chi connectivity index (χ3v) is 4.76. The van der Waals surface area contributed by atoms with Crippen LogP contribution >= 0.6 is 45.2 Å². The Morgan fingerprint density at radius 2 is 0.667 bits per heavy atom. The molecule has 0 nitrogen and oxygen atoms in total. The van der Waals surface area contributed by atoms with Crippen LogP contribution in [0.3, 0.4) is 0 Å². The minimum atomic E-state index is -2.15. The summed E-state index contributed by atoms with van der Waals surface area (Å²) < 4.78 is 105. The summed E-state index contributed by atoms with van der Waals surface area (Å²) in [6.07, 6.45) is 0. The Bertz CT molecular complexity index is 796. The standard InChI is InChI=1S/C14F8I2/c15-5-3(13(23)11(21)9(19)7(5)17)1-2-4-6(16)8(18)10(20)12(22)14(4)24. The number of hydrogen-bond donors (Lipinski definition) is 0. The fraction of sp³-hybridized carbons (Fsp3) is 0. The summed E-state index contributed by atoms with van der Waals surface area (Å²) >= 11 is 2.25. The van der Waals surface area contributed by atoms with E-state index in [0.717, 1.165) is 45.2 Å². The first-order valence-electron chi connectivity index (χ1n) is 5.64. The van der Waals surface area contributed by atoms with E-state index >= 15 is 0 Å². The molecule has 0 atom stereocenters. The van der Waals surface area contributed by atoms with Gasteiger partial charge in [0.2, 0.25) is 0 Å². The molecule has 0 heterocycles. The van der Waals surface area contributed by atoms with Gasteiger partial charge in [0.1, 0.15) is 0 Å². The molecule has 2 rings (SSSR count). The molecule has 0 aromatic heterocycles. The molecule has 2 aromatic rings. The van der Waals surface area contributed by atoms with Crippen molar-refractivity contribution >= 4 is 45.2 Å². The maximum Gasteiger partial charge on any atom is 0.198 e. The van der Waals surface area contributed by atoms with Gasteiger partial charge in [-0.1, -0.05) is 11.8 Å². The highest BCUT2D eigenvalue weighted by Gasteiger charge is 2.25. The Balaban J connectivity index is 2.74. The van der Waals surface area contributed by atoms with Crippen LogP contribution in [0, 0.1) is 65.5 Å². The van der Waals surface area contributed by atoms with Gasteiger partial charge in [0.05, 0.1) is 18.3 Å². The van der Waals surface area contributed by atoms with E-state index in [1.54, 1.807) is 11.8 Å². The van der Waals surface area contributed by atoms with E-state index in [9.17, 15) is 35.1 Å². The first-order valence-corrected chi connectivity index (χ1v) is 7.80. The fourth-order valence-electron chi connectivity index (χ4n) is 1.55. The van der Waals surface area contributed by atoms with E-state index in [4.69, 9.17) is 0 Å². The topological polar surface area (TPSA) is 0 Å². The van der Waals surface area contributed by atoms with Crippen molar-refractivity contribution in [3.63, 3.8) is 0 Å². The lowest BCUT2D eigenvalue weighted by atomic mass is 10.1. The first-order chi connectivity index (χ1) is 11.1. The molecule has 0 aliphatic heterocycles. The molecule has 0 spiro atoms. The Morgan fingerprint density at radius 1 is 0.417 bits per heavy atom. The normalized spacial score (nSPS) is 10.6. The lowest BCUT2D eigenvalue weighted by Gasteiger charge is -2.05. The van der Waals surface area contributed by atoms with E-state index < -0.39 is 64.8 Å². The van der Waals surface area contributed by atoms with Crippen molar-refractivity contribution < 1.29 is 35.1 Å². The van der Waals surface area contributed by atoms with E-state index in [1.165, 1.54) is 0 Å². The second-order valence-electron chi connectivity index (χ2n) is 4.14. The minimum Gasteiger partial charge on any atom is -0.202 e. The molecule has 126 valence electrons. The van der Waals surface area contributed by atoms with Gasteiger partial charge in [0.15, 0.2) is 46.5 Å². The zero-order valence-electron chi connectivity index (χ0n) is 10.8. The van der Waals surface area contributed by atoms with Crippen molar-refractivity contribution in [3.05, 3.63) is 64.8 Å². The Labute approximate surface area is 156 Å². The average molecular weight is 574 g/mol. The van der Waals surface area contributed by atoms with Crippen LogP contribution in [0.4, 0.5) is 35.1 Å². The van der Waals surface area contributed by atoms with Gasteiger partial charge in [-0.15, -0.1) is 0 Å². The maximum absolute atomic E-state index is 13.6. The Kier molecular flexibility index (Phi) is 5.63. The molecule has 0 radical (unpaired) electrons. The molecular weight excluding hydrogens is 574 g/mol. The lowest BCUT2D eigenvalue weighted by molar-refractivity contribution is 0.404. The fourth-order valence-corrected chi connectivity index (χ4v) is 2.77. The molecule has 0 N–H and O–H groups in total. The van der Waals surface area contributed by atoms with Gasteiger partial charge in [-0.25, -0.2) is 35.1 Å². The predicted octanol–water partition coefficient (Wildman–Crippen LogP) is 5.41. The van der Waals surface area contributed by atoms with Crippen molar-refractivity contribution in [2.75, 3.05) is 0 Å². The van der Waals surface area contributed by atoms with Crippen LogP contribution in [0.1, 0.15) is 11.1 Å². The smallest absolute Gasteiger partial charge is 0.198 e.